The van der Waals surface area contributed by atoms with Crippen molar-refractivity contribution >= 4 is 18.0 Å². The number of nitrogens with zero attached hydrogens (tertiary/aromatic N) is 1. The first-order chi connectivity index (χ1) is 7.33. The minimum absolute atomic E-state index is 0. The molecule has 0 aliphatic carbocycles. The van der Waals surface area contributed by atoms with Crippen LogP contribution >= 0.6 is 11.8 Å². The van der Waals surface area contributed by atoms with Crippen LogP contribution in [0, 0.1) is 12.3 Å². The number of aliphatic imine (C=N–C) groups is 1. The zero-order valence-electron chi connectivity index (χ0n) is 8.64. The van der Waals surface area contributed by atoms with Crippen molar-refractivity contribution in [1.82, 2.24) is 0 Å². The van der Waals surface area contributed by atoms with Crippen molar-refractivity contribution in [3.8, 4) is 12.3 Å². The molecule has 0 aromatic heterocycles. The van der Waals surface area contributed by atoms with Gasteiger partial charge >= 0.3 is 0 Å². The number of terminal acetylenes is 1. The average Bonchev–Trinajstić information content (AvgIpc) is 2.28. The summed E-state index contributed by atoms with van der Waals surface area (Å²) in [6.07, 6.45) is 8.46. The fourth-order valence-corrected chi connectivity index (χ4v) is 1.28. The molecule has 1 aromatic rings. The van der Waals surface area contributed by atoms with Crippen LogP contribution in [-0.4, -0.2) is 12.0 Å². The molecule has 1 rings (SSSR count). The molecule has 0 radical (unpaired) electrons. The van der Waals surface area contributed by atoms with Crippen molar-refractivity contribution in [2.45, 2.75) is 0 Å². The SMILES string of the molecule is C#CCS/C(N)=C/N=Cc1ccccc1.[Br-]. The molecule has 0 spiro atoms. The van der Waals surface area contributed by atoms with Crippen molar-refractivity contribution in [2.75, 3.05) is 5.75 Å². The van der Waals surface area contributed by atoms with Gasteiger partial charge in [-0.15, -0.1) is 6.42 Å². The number of halogens is 1. The van der Waals surface area contributed by atoms with Crippen LogP contribution in [0.4, 0.5) is 0 Å². The summed E-state index contributed by atoms with van der Waals surface area (Å²) in [6, 6.07) is 9.83. The number of nitrogens with two attached hydrogens (primary N) is 1. The highest BCUT2D eigenvalue weighted by Gasteiger charge is 1.87. The molecule has 2 nitrogen and oxygen atoms in total. The van der Waals surface area contributed by atoms with Crippen LogP contribution in [0.1, 0.15) is 5.56 Å². The lowest BCUT2D eigenvalue weighted by molar-refractivity contribution is -0.00000302. The lowest BCUT2D eigenvalue weighted by Crippen LogP contribution is -3.00. The van der Waals surface area contributed by atoms with Gasteiger partial charge in [-0.05, 0) is 5.56 Å². The second kappa shape index (κ2) is 9.08. The van der Waals surface area contributed by atoms with E-state index in [9.17, 15) is 0 Å². The van der Waals surface area contributed by atoms with Gasteiger partial charge in [0.2, 0.25) is 0 Å². The summed E-state index contributed by atoms with van der Waals surface area (Å²) in [6.45, 7) is 0. The predicted molar refractivity (Wildman–Crippen MR) is 67.6 cm³/mol. The number of hydrogen-bond donors (Lipinski definition) is 1. The lowest BCUT2D eigenvalue weighted by atomic mass is 10.2. The molecule has 0 unspecified atom stereocenters. The monoisotopic (exact) mass is 295 g/mol. The van der Waals surface area contributed by atoms with Crippen molar-refractivity contribution in [2.24, 2.45) is 10.7 Å². The predicted octanol–water partition coefficient (Wildman–Crippen LogP) is -0.766. The summed E-state index contributed by atoms with van der Waals surface area (Å²) < 4.78 is 0. The molecule has 0 fully saturated rings. The third-order valence-corrected chi connectivity index (χ3v) is 2.30. The Morgan fingerprint density at radius 2 is 2.12 bits per heavy atom. The van der Waals surface area contributed by atoms with Crippen molar-refractivity contribution < 1.29 is 17.0 Å². The van der Waals surface area contributed by atoms with E-state index in [4.69, 9.17) is 12.2 Å². The van der Waals surface area contributed by atoms with Gasteiger partial charge in [-0.2, -0.15) is 0 Å². The van der Waals surface area contributed by atoms with E-state index >= 15 is 0 Å². The summed E-state index contributed by atoms with van der Waals surface area (Å²) >= 11 is 1.40. The summed E-state index contributed by atoms with van der Waals surface area (Å²) in [7, 11) is 0. The third-order valence-electron chi connectivity index (χ3n) is 1.55. The van der Waals surface area contributed by atoms with E-state index in [0.29, 0.717) is 10.8 Å². The van der Waals surface area contributed by atoms with Crippen LogP contribution in [0.2, 0.25) is 0 Å². The summed E-state index contributed by atoms with van der Waals surface area (Å²) in [5.41, 5.74) is 6.68. The Balaban J connectivity index is 0.00000225. The third kappa shape index (κ3) is 6.33. The first-order valence-corrected chi connectivity index (χ1v) is 5.41. The van der Waals surface area contributed by atoms with Crippen LogP contribution in [-0.2, 0) is 0 Å². The Bertz CT molecular complexity index is 393. The van der Waals surface area contributed by atoms with Crippen LogP contribution < -0.4 is 22.7 Å². The molecule has 0 saturated heterocycles. The van der Waals surface area contributed by atoms with E-state index in [1.54, 1.807) is 12.4 Å². The first kappa shape index (κ1) is 14.8. The molecule has 2 N–H and O–H groups in total. The summed E-state index contributed by atoms with van der Waals surface area (Å²) in [5, 5.41) is 0.625. The molecule has 4 heteroatoms. The van der Waals surface area contributed by atoms with Gasteiger partial charge in [0.15, 0.2) is 0 Å². The maximum Gasteiger partial charge on any atom is 0.0850 e. The highest BCUT2D eigenvalue weighted by Crippen LogP contribution is 2.07. The molecule has 0 atom stereocenters. The number of hydrogen-bond acceptors (Lipinski definition) is 3. The molecule has 1 aromatic carbocycles. The Kier molecular flexibility index (Phi) is 8.41. The molecule has 0 heterocycles. The molecule has 0 bridgehead atoms. The van der Waals surface area contributed by atoms with Crippen molar-refractivity contribution in [3.63, 3.8) is 0 Å². The minimum atomic E-state index is 0. The Labute approximate surface area is 111 Å². The van der Waals surface area contributed by atoms with Crippen LogP contribution in [0.15, 0.2) is 46.6 Å². The normalized spacial score (nSPS) is 10.8. The Morgan fingerprint density at radius 1 is 1.44 bits per heavy atom. The molecule has 16 heavy (non-hydrogen) atoms. The largest absolute Gasteiger partial charge is 1.00 e. The number of rotatable bonds is 4. The minimum Gasteiger partial charge on any atom is -1.00 e. The maximum absolute atomic E-state index is 5.64. The van der Waals surface area contributed by atoms with E-state index in [2.05, 4.69) is 10.9 Å². The number of thioether (sulfide) groups is 1. The van der Waals surface area contributed by atoms with Gasteiger partial charge in [0.1, 0.15) is 0 Å². The zero-order valence-corrected chi connectivity index (χ0v) is 11.0. The Morgan fingerprint density at radius 3 is 2.75 bits per heavy atom. The highest BCUT2D eigenvalue weighted by molar-refractivity contribution is 8.03. The molecule has 0 saturated carbocycles. The zero-order chi connectivity index (χ0) is 10.9. The van der Waals surface area contributed by atoms with Gasteiger partial charge in [0.05, 0.1) is 17.0 Å². The highest BCUT2D eigenvalue weighted by atomic mass is 79.9. The second-order valence-electron chi connectivity index (χ2n) is 2.71. The molecule has 0 amide bonds. The van der Waals surface area contributed by atoms with E-state index in [1.807, 2.05) is 30.3 Å². The van der Waals surface area contributed by atoms with Crippen LogP contribution in [0.5, 0.6) is 0 Å². The van der Waals surface area contributed by atoms with Crippen molar-refractivity contribution in [1.29, 1.82) is 0 Å². The fourth-order valence-electron chi connectivity index (χ4n) is 0.898. The molecule has 84 valence electrons. The van der Waals surface area contributed by atoms with Gasteiger partial charge in [-0.25, -0.2) is 0 Å². The second-order valence-corrected chi connectivity index (χ2v) is 3.76. The van der Waals surface area contributed by atoms with E-state index in [0.717, 1.165) is 5.56 Å². The summed E-state index contributed by atoms with van der Waals surface area (Å²) in [4.78, 5) is 4.09. The standard InChI is InChI=1S/C12H12N2S.BrH/c1-2-8-15-12(13)10-14-9-11-6-4-3-5-7-11;/h1,3-7,9-10H,8,13H2;1H/p-1/b12-10+,14-9?;. The topological polar surface area (TPSA) is 38.4 Å². The van der Waals surface area contributed by atoms with Gasteiger partial charge in [0, 0.05) is 6.21 Å². The van der Waals surface area contributed by atoms with Crippen LogP contribution in [0.3, 0.4) is 0 Å². The maximum atomic E-state index is 5.64. The molecule has 0 aliphatic rings. The van der Waals surface area contributed by atoms with Gasteiger partial charge in [-0.1, -0.05) is 48.0 Å². The van der Waals surface area contributed by atoms with Gasteiger partial charge in [0.25, 0.3) is 0 Å². The van der Waals surface area contributed by atoms with Gasteiger partial charge < -0.3 is 22.7 Å². The Hall–Kier alpha value is -1.18. The van der Waals surface area contributed by atoms with E-state index in [1.165, 1.54) is 11.8 Å². The van der Waals surface area contributed by atoms with Crippen LogP contribution in [0.25, 0.3) is 0 Å². The summed E-state index contributed by atoms with van der Waals surface area (Å²) in [5.74, 6) is 3.07. The van der Waals surface area contributed by atoms with E-state index < -0.39 is 0 Å². The fraction of sp³-hybridized carbons (Fsp3) is 0.0833. The lowest BCUT2D eigenvalue weighted by Gasteiger charge is -1.93. The van der Waals surface area contributed by atoms with Gasteiger partial charge in [-0.3, -0.25) is 4.99 Å². The smallest absolute Gasteiger partial charge is 0.0850 e. The average molecular weight is 296 g/mol. The first-order valence-electron chi connectivity index (χ1n) is 4.43. The molecule has 0 aliphatic heterocycles. The quantitative estimate of drug-likeness (QED) is 0.585. The number of benzene rings is 1. The van der Waals surface area contributed by atoms with E-state index in [-0.39, 0.29) is 17.0 Å². The van der Waals surface area contributed by atoms with Crippen molar-refractivity contribution in [3.05, 3.63) is 47.1 Å². The molecular weight excluding hydrogens is 284 g/mol. The molecular formula is C12H12BrN2S-.